The van der Waals surface area contributed by atoms with E-state index in [1.807, 2.05) is 0 Å². The minimum absolute atomic E-state index is 0.0509. The normalized spacial score (nSPS) is 15.1. The number of hydrogen-bond donors (Lipinski definition) is 3. The average Bonchev–Trinajstić information content (AvgIpc) is 1.80. The van der Waals surface area contributed by atoms with E-state index >= 15 is 0 Å². The molecule has 0 radical (unpaired) electrons. The van der Waals surface area contributed by atoms with Gasteiger partial charge in [-0.15, -0.1) is 0 Å². The lowest BCUT2D eigenvalue weighted by Crippen LogP contribution is -2.31. The Morgan fingerprint density at radius 3 is 2.40 bits per heavy atom. The van der Waals surface area contributed by atoms with Crippen molar-refractivity contribution in [1.29, 1.82) is 0 Å². The third kappa shape index (κ3) is 3.78. The summed E-state index contributed by atoms with van der Waals surface area (Å²) in [7, 11) is -3.95. The summed E-state index contributed by atoms with van der Waals surface area (Å²) in [6.45, 7) is 1.10. The highest BCUT2D eigenvalue weighted by Crippen LogP contribution is 1.93. The Hall–Kier alpha value is -0.170. The van der Waals surface area contributed by atoms with Crippen LogP contribution in [0, 0.1) is 0 Å². The van der Waals surface area contributed by atoms with Crippen LogP contribution in [0.1, 0.15) is 6.92 Å². The van der Waals surface area contributed by atoms with Gasteiger partial charge in [-0.25, -0.2) is 0 Å². The van der Waals surface area contributed by atoms with Gasteiger partial charge in [0.15, 0.2) is 0 Å². The zero-order chi connectivity index (χ0) is 8.20. The first-order valence-electron chi connectivity index (χ1n) is 2.76. The highest BCUT2D eigenvalue weighted by molar-refractivity contribution is 7.86. The van der Waals surface area contributed by atoms with E-state index in [0.29, 0.717) is 0 Å². The first kappa shape index (κ1) is 9.83. The van der Waals surface area contributed by atoms with Crippen molar-refractivity contribution >= 4 is 10.1 Å². The summed E-state index contributed by atoms with van der Waals surface area (Å²) in [5.74, 6) is 0. The third-order valence-electron chi connectivity index (χ3n) is 1.05. The maximum atomic E-state index is 10.3. The highest BCUT2D eigenvalue weighted by Gasteiger charge is 2.15. The van der Waals surface area contributed by atoms with Crippen LogP contribution < -0.4 is 5.32 Å². The summed E-state index contributed by atoms with van der Waals surface area (Å²) in [6, 6.07) is 0. The summed E-state index contributed by atoms with van der Waals surface area (Å²) in [5, 5.41) is 9.69. The van der Waals surface area contributed by atoms with E-state index < -0.39 is 15.4 Å². The largest absolute Gasteiger partial charge is 0.381 e. The smallest absolute Gasteiger partial charge is 0.268 e. The Labute approximate surface area is 59.8 Å². The number of aliphatic hydroxyl groups excluding tert-OH is 1. The molecule has 0 fully saturated rings. The van der Waals surface area contributed by atoms with Gasteiger partial charge in [-0.2, -0.15) is 8.42 Å². The lowest BCUT2D eigenvalue weighted by Gasteiger charge is -2.06. The van der Waals surface area contributed by atoms with Crippen molar-refractivity contribution in [3.63, 3.8) is 0 Å². The van der Waals surface area contributed by atoms with E-state index in [0.717, 1.165) is 0 Å². The van der Waals surface area contributed by atoms with Crippen molar-refractivity contribution in [2.24, 2.45) is 0 Å². The van der Waals surface area contributed by atoms with E-state index in [4.69, 9.17) is 9.66 Å². The Balaban J connectivity index is 3.75. The third-order valence-corrected chi connectivity index (χ3v) is 2.24. The molecule has 0 bridgehead atoms. The van der Waals surface area contributed by atoms with Crippen molar-refractivity contribution in [1.82, 2.24) is 5.32 Å². The number of hydrogen-bond acceptors (Lipinski definition) is 4. The molecule has 0 aromatic rings. The molecule has 0 heterocycles. The minimum Gasteiger partial charge on any atom is -0.381 e. The monoisotopic (exact) mass is 169 g/mol. The Bertz CT molecular complexity index is 176. The molecule has 0 aliphatic heterocycles. The molecular weight excluding hydrogens is 158 g/mol. The topological polar surface area (TPSA) is 86.6 Å². The molecule has 5 nitrogen and oxygen atoms in total. The van der Waals surface area contributed by atoms with Gasteiger partial charge >= 0.3 is 0 Å². The summed E-state index contributed by atoms with van der Waals surface area (Å²) < 4.78 is 28.9. The van der Waals surface area contributed by atoms with Crippen LogP contribution in [-0.4, -0.2) is 36.6 Å². The standard InChI is InChI=1S/C4H11NO4S/c1-4(2-5-3-6)10(7,8)9/h4-6H,2-3H2,1H3,(H,7,8,9). The molecule has 0 aliphatic carbocycles. The highest BCUT2D eigenvalue weighted by atomic mass is 32.2. The van der Waals surface area contributed by atoms with Gasteiger partial charge in [0, 0.05) is 6.54 Å². The second-order valence-corrected chi connectivity index (χ2v) is 3.77. The average molecular weight is 169 g/mol. The van der Waals surface area contributed by atoms with Crippen LogP contribution in [0.2, 0.25) is 0 Å². The molecule has 0 spiro atoms. The van der Waals surface area contributed by atoms with E-state index in [2.05, 4.69) is 5.32 Å². The first-order chi connectivity index (χ1) is 4.48. The van der Waals surface area contributed by atoms with Crippen LogP contribution in [0.25, 0.3) is 0 Å². The second-order valence-electron chi connectivity index (χ2n) is 1.94. The molecule has 1 atom stereocenters. The summed E-state index contributed by atoms with van der Waals surface area (Å²) >= 11 is 0. The van der Waals surface area contributed by atoms with Gasteiger partial charge in [0.25, 0.3) is 10.1 Å². The molecule has 0 rings (SSSR count). The van der Waals surface area contributed by atoms with E-state index in [-0.39, 0.29) is 13.3 Å². The SMILES string of the molecule is CC(CNCO)S(=O)(=O)O. The molecule has 0 amide bonds. The molecule has 62 valence electrons. The van der Waals surface area contributed by atoms with Crippen molar-refractivity contribution in [3.8, 4) is 0 Å². The van der Waals surface area contributed by atoms with Gasteiger partial charge in [0.1, 0.15) is 0 Å². The van der Waals surface area contributed by atoms with E-state index in [1.54, 1.807) is 0 Å². The van der Waals surface area contributed by atoms with E-state index in [9.17, 15) is 8.42 Å². The van der Waals surface area contributed by atoms with Crippen molar-refractivity contribution < 1.29 is 18.1 Å². The second kappa shape index (κ2) is 3.87. The van der Waals surface area contributed by atoms with Crippen LogP contribution in [0.15, 0.2) is 0 Å². The van der Waals surface area contributed by atoms with Crippen molar-refractivity contribution in [2.75, 3.05) is 13.3 Å². The fraction of sp³-hybridized carbons (Fsp3) is 1.00. The molecule has 10 heavy (non-hydrogen) atoms. The first-order valence-corrected chi connectivity index (χ1v) is 4.26. The Morgan fingerprint density at radius 1 is 1.60 bits per heavy atom. The lowest BCUT2D eigenvalue weighted by atomic mass is 10.5. The quantitative estimate of drug-likeness (QED) is 0.363. The molecule has 0 aromatic heterocycles. The van der Waals surface area contributed by atoms with Gasteiger partial charge < -0.3 is 5.11 Å². The summed E-state index contributed by atoms with van der Waals surface area (Å²) in [4.78, 5) is 0. The number of aliphatic hydroxyl groups is 1. The predicted molar refractivity (Wildman–Crippen MR) is 36.1 cm³/mol. The Morgan fingerprint density at radius 2 is 2.10 bits per heavy atom. The molecule has 6 heteroatoms. The van der Waals surface area contributed by atoms with Gasteiger partial charge in [0.05, 0.1) is 12.0 Å². The van der Waals surface area contributed by atoms with Crippen LogP contribution in [0.5, 0.6) is 0 Å². The molecule has 0 saturated heterocycles. The summed E-state index contributed by atoms with van der Waals surface area (Å²) in [5.41, 5.74) is 0. The van der Waals surface area contributed by atoms with Crippen LogP contribution >= 0.6 is 0 Å². The van der Waals surface area contributed by atoms with Gasteiger partial charge in [0.2, 0.25) is 0 Å². The Kier molecular flexibility index (Phi) is 3.80. The maximum absolute atomic E-state index is 10.3. The fourth-order valence-electron chi connectivity index (χ4n) is 0.373. The zero-order valence-corrected chi connectivity index (χ0v) is 6.43. The van der Waals surface area contributed by atoms with Crippen LogP contribution in [0.4, 0.5) is 0 Å². The van der Waals surface area contributed by atoms with Gasteiger partial charge in [-0.1, -0.05) is 0 Å². The predicted octanol–water partition coefficient (Wildman–Crippen LogP) is -1.20. The molecule has 0 saturated carbocycles. The van der Waals surface area contributed by atoms with E-state index in [1.165, 1.54) is 6.92 Å². The molecule has 0 aliphatic rings. The molecule has 0 aromatic carbocycles. The zero-order valence-electron chi connectivity index (χ0n) is 5.61. The maximum Gasteiger partial charge on any atom is 0.268 e. The number of nitrogens with one attached hydrogen (secondary N) is 1. The van der Waals surface area contributed by atoms with Gasteiger partial charge in [-0.3, -0.25) is 9.87 Å². The number of rotatable bonds is 4. The summed E-state index contributed by atoms with van der Waals surface area (Å²) in [6.07, 6.45) is 0. The van der Waals surface area contributed by atoms with Crippen LogP contribution in [0.3, 0.4) is 0 Å². The molecular formula is C4H11NO4S. The van der Waals surface area contributed by atoms with Crippen LogP contribution in [-0.2, 0) is 10.1 Å². The van der Waals surface area contributed by atoms with Crippen molar-refractivity contribution in [2.45, 2.75) is 12.2 Å². The lowest BCUT2D eigenvalue weighted by molar-refractivity contribution is 0.261. The van der Waals surface area contributed by atoms with Crippen molar-refractivity contribution in [3.05, 3.63) is 0 Å². The van der Waals surface area contributed by atoms with Gasteiger partial charge in [-0.05, 0) is 6.92 Å². The minimum atomic E-state index is -3.95. The molecule has 1 unspecified atom stereocenters. The molecule has 3 N–H and O–H groups in total. The fourth-order valence-corrected chi connectivity index (χ4v) is 0.702.